The van der Waals surface area contributed by atoms with Crippen LogP contribution in [0.1, 0.15) is 39.5 Å². The Kier molecular flexibility index (Phi) is 5.82. The molecule has 0 aromatic heterocycles. The highest BCUT2D eigenvalue weighted by atomic mass is 35.5. The van der Waals surface area contributed by atoms with Crippen molar-refractivity contribution in [1.82, 2.24) is 0 Å². The minimum absolute atomic E-state index is 0. The Bertz CT molecular complexity index is 119. The van der Waals surface area contributed by atoms with Gasteiger partial charge in [0.15, 0.2) is 0 Å². The third-order valence-corrected chi connectivity index (χ3v) is 2.95. The number of halogens is 2. The molecule has 0 saturated heterocycles. The monoisotopic (exact) mass is 214 g/mol. The van der Waals surface area contributed by atoms with Crippen molar-refractivity contribution >= 4 is 24.8 Å². The maximum absolute atomic E-state index is 6.03. The molecule has 1 saturated carbocycles. The van der Waals surface area contributed by atoms with Crippen molar-refractivity contribution in [1.29, 1.82) is 0 Å². The van der Waals surface area contributed by atoms with Crippen LogP contribution in [0.2, 0.25) is 0 Å². The molecule has 2 nitrogen and oxygen atoms in total. The molecule has 4 N–H and O–H groups in total. The van der Waals surface area contributed by atoms with Crippen LogP contribution in [0.4, 0.5) is 0 Å². The summed E-state index contributed by atoms with van der Waals surface area (Å²) in [6.07, 6.45) is 4.61. The summed E-state index contributed by atoms with van der Waals surface area (Å²) in [5, 5.41) is 0. The molecule has 1 fully saturated rings. The lowest BCUT2D eigenvalue weighted by Gasteiger charge is -2.45. The zero-order valence-corrected chi connectivity index (χ0v) is 9.43. The quantitative estimate of drug-likeness (QED) is 0.647. The number of hydrogen-bond acceptors (Lipinski definition) is 2. The third-order valence-electron chi connectivity index (χ3n) is 2.95. The fraction of sp³-hybridized carbons (Fsp3) is 1.00. The van der Waals surface area contributed by atoms with Gasteiger partial charge in [0.05, 0.1) is 0 Å². The standard InChI is InChI=1S/C8H18N2.2ClH/c1-7(9)5-3-4-6-8(7,2)10;;/h3-6,9-10H2,1-2H3;2*1H. The van der Waals surface area contributed by atoms with Crippen LogP contribution in [0.3, 0.4) is 0 Å². The fourth-order valence-electron chi connectivity index (χ4n) is 1.56. The first kappa shape index (κ1) is 15.0. The van der Waals surface area contributed by atoms with Crippen LogP contribution < -0.4 is 11.5 Å². The summed E-state index contributed by atoms with van der Waals surface area (Å²) in [6.45, 7) is 4.12. The Hall–Kier alpha value is 0.500. The van der Waals surface area contributed by atoms with Gasteiger partial charge in [0.2, 0.25) is 0 Å². The van der Waals surface area contributed by atoms with Gasteiger partial charge < -0.3 is 11.5 Å². The van der Waals surface area contributed by atoms with Gasteiger partial charge in [-0.3, -0.25) is 0 Å². The van der Waals surface area contributed by atoms with E-state index in [-0.39, 0.29) is 35.9 Å². The SMILES string of the molecule is CC1(N)CCCCC1(C)N.Cl.Cl. The van der Waals surface area contributed by atoms with Crippen LogP contribution in [0.5, 0.6) is 0 Å². The molecule has 0 bridgehead atoms. The van der Waals surface area contributed by atoms with Crippen molar-refractivity contribution in [2.24, 2.45) is 11.5 Å². The number of hydrogen-bond donors (Lipinski definition) is 2. The Morgan fingerprint density at radius 1 is 0.833 bits per heavy atom. The average Bonchev–Trinajstić information content (AvgIpc) is 1.77. The topological polar surface area (TPSA) is 52.0 Å². The van der Waals surface area contributed by atoms with Crippen molar-refractivity contribution in [3.63, 3.8) is 0 Å². The van der Waals surface area contributed by atoms with Crippen LogP contribution in [0, 0.1) is 0 Å². The van der Waals surface area contributed by atoms with E-state index in [0.717, 1.165) is 12.8 Å². The molecule has 0 aromatic carbocycles. The van der Waals surface area contributed by atoms with Crippen LogP contribution in [-0.2, 0) is 0 Å². The van der Waals surface area contributed by atoms with Gasteiger partial charge in [0.1, 0.15) is 0 Å². The molecule has 12 heavy (non-hydrogen) atoms. The minimum atomic E-state index is -0.148. The predicted octanol–water partition coefficient (Wildman–Crippen LogP) is 1.84. The first-order valence-electron chi connectivity index (χ1n) is 4.03. The summed E-state index contributed by atoms with van der Waals surface area (Å²) in [7, 11) is 0. The van der Waals surface area contributed by atoms with E-state index in [2.05, 4.69) is 13.8 Å². The normalized spacial score (nSPS) is 41.0. The van der Waals surface area contributed by atoms with Crippen molar-refractivity contribution in [3.05, 3.63) is 0 Å². The van der Waals surface area contributed by atoms with Crippen molar-refractivity contribution in [2.45, 2.75) is 50.6 Å². The molecule has 4 heteroatoms. The van der Waals surface area contributed by atoms with Gasteiger partial charge in [-0.2, -0.15) is 0 Å². The molecule has 0 radical (unpaired) electrons. The molecule has 0 spiro atoms. The van der Waals surface area contributed by atoms with Crippen LogP contribution in [0.15, 0.2) is 0 Å². The summed E-state index contributed by atoms with van der Waals surface area (Å²) in [6, 6.07) is 0. The van der Waals surface area contributed by atoms with Gasteiger partial charge in [-0.1, -0.05) is 12.8 Å². The molecule has 0 aromatic rings. The van der Waals surface area contributed by atoms with E-state index >= 15 is 0 Å². The first-order valence-corrected chi connectivity index (χ1v) is 4.03. The average molecular weight is 215 g/mol. The van der Waals surface area contributed by atoms with Crippen LogP contribution >= 0.6 is 24.8 Å². The molecule has 0 aliphatic heterocycles. The molecular formula is C8H20Cl2N2. The fourth-order valence-corrected chi connectivity index (χ4v) is 1.56. The van der Waals surface area contributed by atoms with Crippen LogP contribution in [0.25, 0.3) is 0 Å². The van der Waals surface area contributed by atoms with Crippen molar-refractivity contribution < 1.29 is 0 Å². The molecular weight excluding hydrogens is 195 g/mol. The van der Waals surface area contributed by atoms with E-state index in [1.165, 1.54) is 12.8 Å². The van der Waals surface area contributed by atoms with Gasteiger partial charge in [-0.05, 0) is 26.7 Å². The summed E-state index contributed by atoms with van der Waals surface area (Å²) < 4.78 is 0. The van der Waals surface area contributed by atoms with E-state index in [4.69, 9.17) is 11.5 Å². The van der Waals surface area contributed by atoms with Crippen molar-refractivity contribution in [3.8, 4) is 0 Å². The summed E-state index contributed by atoms with van der Waals surface area (Å²) in [4.78, 5) is 0. The highest BCUT2D eigenvalue weighted by Gasteiger charge is 2.39. The molecule has 0 heterocycles. The first-order chi connectivity index (χ1) is 4.46. The second-order valence-electron chi connectivity index (χ2n) is 4.04. The molecule has 1 aliphatic rings. The Morgan fingerprint density at radius 3 is 1.25 bits per heavy atom. The van der Waals surface area contributed by atoms with Crippen LogP contribution in [-0.4, -0.2) is 11.1 Å². The van der Waals surface area contributed by atoms with E-state index in [9.17, 15) is 0 Å². The smallest absolute Gasteiger partial charge is 0.0305 e. The summed E-state index contributed by atoms with van der Waals surface area (Å²) in [5.41, 5.74) is 11.8. The molecule has 76 valence electrons. The third kappa shape index (κ3) is 2.77. The predicted molar refractivity (Wildman–Crippen MR) is 58.1 cm³/mol. The van der Waals surface area contributed by atoms with E-state index in [1.807, 2.05) is 0 Å². The maximum atomic E-state index is 6.03. The summed E-state index contributed by atoms with van der Waals surface area (Å²) >= 11 is 0. The summed E-state index contributed by atoms with van der Waals surface area (Å²) in [5.74, 6) is 0. The number of nitrogens with two attached hydrogens (primary N) is 2. The maximum Gasteiger partial charge on any atom is 0.0305 e. The van der Waals surface area contributed by atoms with Gasteiger partial charge in [0, 0.05) is 11.1 Å². The van der Waals surface area contributed by atoms with Gasteiger partial charge in [-0.25, -0.2) is 0 Å². The second-order valence-corrected chi connectivity index (χ2v) is 4.04. The van der Waals surface area contributed by atoms with E-state index in [0.29, 0.717) is 0 Å². The molecule has 1 rings (SSSR count). The van der Waals surface area contributed by atoms with Gasteiger partial charge in [0.25, 0.3) is 0 Å². The second kappa shape index (κ2) is 4.66. The van der Waals surface area contributed by atoms with Gasteiger partial charge >= 0.3 is 0 Å². The molecule has 0 amide bonds. The van der Waals surface area contributed by atoms with E-state index < -0.39 is 0 Å². The Labute approximate surface area is 87.3 Å². The van der Waals surface area contributed by atoms with E-state index in [1.54, 1.807) is 0 Å². The highest BCUT2D eigenvalue weighted by Crippen LogP contribution is 2.32. The van der Waals surface area contributed by atoms with Gasteiger partial charge in [-0.15, -0.1) is 24.8 Å². The van der Waals surface area contributed by atoms with Crippen molar-refractivity contribution in [2.75, 3.05) is 0 Å². The lowest BCUT2D eigenvalue weighted by molar-refractivity contribution is 0.182. The Balaban J connectivity index is 0. The molecule has 2 atom stereocenters. The molecule has 1 aliphatic carbocycles. The molecule has 2 unspecified atom stereocenters. The Morgan fingerprint density at radius 2 is 1.08 bits per heavy atom. The lowest BCUT2D eigenvalue weighted by atomic mass is 9.70. The highest BCUT2D eigenvalue weighted by molar-refractivity contribution is 5.85. The number of rotatable bonds is 0. The minimum Gasteiger partial charge on any atom is -0.324 e. The zero-order chi connectivity index (χ0) is 7.83. The zero-order valence-electron chi connectivity index (χ0n) is 7.80. The lowest BCUT2D eigenvalue weighted by Crippen LogP contribution is -2.63. The largest absolute Gasteiger partial charge is 0.324 e.